The minimum atomic E-state index is -0.444. The maximum atomic E-state index is 12.4. The fraction of sp³-hybridized carbons (Fsp3) is 0.150. The first-order valence-electron chi connectivity index (χ1n) is 8.26. The summed E-state index contributed by atoms with van der Waals surface area (Å²) in [7, 11) is 0. The van der Waals surface area contributed by atoms with Crippen LogP contribution in [0, 0.1) is 0 Å². The van der Waals surface area contributed by atoms with Gasteiger partial charge in [-0.1, -0.05) is 49.4 Å². The average molecular weight is 366 g/mol. The molecule has 0 bridgehead atoms. The van der Waals surface area contributed by atoms with Crippen molar-refractivity contribution in [2.24, 2.45) is 0 Å². The van der Waals surface area contributed by atoms with Crippen LogP contribution in [0.5, 0.6) is 0 Å². The van der Waals surface area contributed by atoms with Gasteiger partial charge in [-0.3, -0.25) is 19.3 Å². The van der Waals surface area contributed by atoms with E-state index in [9.17, 15) is 14.4 Å². The van der Waals surface area contributed by atoms with Gasteiger partial charge in [0.25, 0.3) is 11.1 Å². The number of hydrogen-bond donors (Lipinski definition) is 1. The summed E-state index contributed by atoms with van der Waals surface area (Å²) in [6, 6.07) is 16.7. The lowest BCUT2D eigenvalue weighted by Crippen LogP contribution is -2.36. The zero-order valence-electron chi connectivity index (χ0n) is 14.3. The summed E-state index contributed by atoms with van der Waals surface area (Å²) in [5, 5.41) is 2.28. The summed E-state index contributed by atoms with van der Waals surface area (Å²) in [5.74, 6) is -0.849. The van der Waals surface area contributed by atoms with Crippen molar-refractivity contribution in [2.75, 3.05) is 11.9 Å². The molecular formula is C20H18N2O3S. The van der Waals surface area contributed by atoms with Crippen molar-refractivity contribution in [2.45, 2.75) is 13.3 Å². The molecule has 3 rings (SSSR count). The second-order valence-electron chi connectivity index (χ2n) is 5.78. The maximum absolute atomic E-state index is 12.4. The predicted molar refractivity (Wildman–Crippen MR) is 104 cm³/mol. The third-order valence-corrected chi connectivity index (χ3v) is 4.83. The molecule has 0 radical (unpaired) electrons. The average Bonchev–Trinajstić information content (AvgIpc) is 2.90. The van der Waals surface area contributed by atoms with Crippen LogP contribution in [0.1, 0.15) is 18.1 Å². The van der Waals surface area contributed by atoms with Crippen molar-refractivity contribution in [3.8, 4) is 0 Å². The van der Waals surface area contributed by atoms with E-state index in [-0.39, 0.29) is 6.54 Å². The van der Waals surface area contributed by atoms with Crippen LogP contribution in [-0.2, 0) is 16.0 Å². The van der Waals surface area contributed by atoms with Gasteiger partial charge in [-0.25, -0.2) is 0 Å². The number of benzene rings is 2. The third-order valence-electron chi connectivity index (χ3n) is 3.92. The van der Waals surface area contributed by atoms with Gasteiger partial charge >= 0.3 is 0 Å². The van der Waals surface area contributed by atoms with Crippen LogP contribution in [0.2, 0.25) is 0 Å². The molecule has 3 amide bonds. The van der Waals surface area contributed by atoms with Crippen LogP contribution in [0.25, 0.3) is 6.08 Å². The number of rotatable bonds is 5. The van der Waals surface area contributed by atoms with E-state index in [1.165, 1.54) is 5.56 Å². The van der Waals surface area contributed by atoms with E-state index < -0.39 is 17.1 Å². The van der Waals surface area contributed by atoms with Crippen molar-refractivity contribution in [3.63, 3.8) is 0 Å². The predicted octanol–water partition coefficient (Wildman–Crippen LogP) is 3.92. The molecule has 6 heteroatoms. The molecule has 2 aromatic rings. The highest BCUT2D eigenvalue weighted by Crippen LogP contribution is 2.32. The van der Waals surface area contributed by atoms with Crippen molar-refractivity contribution < 1.29 is 14.4 Å². The third kappa shape index (κ3) is 4.21. The highest BCUT2D eigenvalue weighted by molar-refractivity contribution is 8.18. The molecule has 0 aromatic heterocycles. The molecule has 132 valence electrons. The van der Waals surface area contributed by atoms with Gasteiger partial charge in [-0.05, 0) is 47.5 Å². The van der Waals surface area contributed by atoms with Gasteiger partial charge in [0.05, 0.1) is 4.91 Å². The molecular weight excluding hydrogens is 348 g/mol. The molecule has 0 aliphatic carbocycles. The summed E-state index contributed by atoms with van der Waals surface area (Å²) < 4.78 is 0. The maximum Gasteiger partial charge on any atom is 0.294 e. The minimum absolute atomic E-state index is 0.299. The van der Waals surface area contributed by atoms with Crippen molar-refractivity contribution in [1.82, 2.24) is 4.90 Å². The SMILES string of the molecule is CCc1ccc(NC(=O)CN2C(=O)S/C(=C/c3ccccc3)C2=O)cc1. The summed E-state index contributed by atoms with van der Waals surface area (Å²) in [5.41, 5.74) is 2.64. The Kier molecular flexibility index (Phi) is 5.53. The van der Waals surface area contributed by atoms with Crippen LogP contribution in [0.15, 0.2) is 59.5 Å². The van der Waals surface area contributed by atoms with E-state index in [2.05, 4.69) is 12.2 Å². The molecule has 0 atom stereocenters. The molecule has 0 unspecified atom stereocenters. The highest BCUT2D eigenvalue weighted by atomic mass is 32.2. The van der Waals surface area contributed by atoms with E-state index in [1.807, 2.05) is 42.5 Å². The number of carbonyl (C=O) groups is 3. The molecule has 1 aliphatic rings. The van der Waals surface area contributed by atoms with Crippen LogP contribution in [0.3, 0.4) is 0 Å². The van der Waals surface area contributed by atoms with E-state index in [0.717, 1.165) is 28.6 Å². The monoisotopic (exact) mass is 366 g/mol. The number of hydrogen-bond acceptors (Lipinski definition) is 4. The Labute approximate surface area is 156 Å². The van der Waals surface area contributed by atoms with Gasteiger partial charge in [0.1, 0.15) is 6.54 Å². The van der Waals surface area contributed by atoms with Crippen molar-refractivity contribution >= 4 is 40.6 Å². The first-order valence-corrected chi connectivity index (χ1v) is 9.07. The first kappa shape index (κ1) is 17.9. The lowest BCUT2D eigenvalue weighted by Gasteiger charge is -2.12. The number of imide groups is 1. The lowest BCUT2D eigenvalue weighted by molar-refractivity contribution is -0.127. The Morgan fingerprint density at radius 1 is 1.08 bits per heavy atom. The second-order valence-corrected chi connectivity index (χ2v) is 6.77. The quantitative estimate of drug-likeness (QED) is 0.815. The molecule has 1 heterocycles. The van der Waals surface area contributed by atoms with Gasteiger partial charge in [-0.15, -0.1) is 0 Å². The summed E-state index contributed by atoms with van der Waals surface area (Å²) in [6.07, 6.45) is 2.57. The number of amides is 3. The van der Waals surface area contributed by atoms with Gasteiger partial charge < -0.3 is 5.32 Å². The summed E-state index contributed by atoms with van der Waals surface area (Å²) >= 11 is 0.848. The zero-order valence-corrected chi connectivity index (χ0v) is 15.1. The fourth-order valence-electron chi connectivity index (χ4n) is 2.50. The van der Waals surface area contributed by atoms with E-state index in [1.54, 1.807) is 18.2 Å². The molecule has 2 aromatic carbocycles. The Bertz CT molecular complexity index is 860. The van der Waals surface area contributed by atoms with Crippen molar-refractivity contribution in [1.29, 1.82) is 0 Å². The lowest BCUT2D eigenvalue weighted by atomic mass is 10.1. The van der Waals surface area contributed by atoms with Crippen LogP contribution in [0.4, 0.5) is 10.5 Å². The molecule has 1 N–H and O–H groups in total. The normalized spacial score (nSPS) is 15.6. The molecule has 0 saturated carbocycles. The number of thioether (sulfide) groups is 1. The van der Waals surface area contributed by atoms with Gasteiger partial charge in [0, 0.05) is 5.69 Å². The van der Waals surface area contributed by atoms with E-state index in [0.29, 0.717) is 10.6 Å². The minimum Gasteiger partial charge on any atom is -0.325 e. The Balaban J connectivity index is 1.65. The Morgan fingerprint density at radius 3 is 2.42 bits per heavy atom. The largest absolute Gasteiger partial charge is 0.325 e. The second kappa shape index (κ2) is 8.01. The zero-order chi connectivity index (χ0) is 18.5. The van der Waals surface area contributed by atoms with Crippen molar-refractivity contribution in [3.05, 3.63) is 70.6 Å². The standard InChI is InChI=1S/C20H18N2O3S/c1-2-14-8-10-16(11-9-14)21-18(23)13-22-19(24)17(26-20(22)25)12-15-6-4-3-5-7-15/h3-12H,2,13H2,1H3,(H,21,23)/b17-12+. The summed E-state index contributed by atoms with van der Waals surface area (Å²) in [4.78, 5) is 38.0. The number of nitrogens with one attached hydrogen (secondary N) is 1. The smallest absolute Gasteiger partial charge is 0.294 e. The first-order chi connectivity index (χ1) is 12.6. The molecule has 1 saturated heterocycles. The van der Waals surface area contributed by atoms with Crippen LogP contribution >= 0.6 is 11.8 Å². The molecule has 26 heavy (non-hydrogen) atoms. The number of carbonyl (C=O) groups excluding carboxylic acids is 3. The molecule has 5 nitrogen and oxygen atoms in total. The van der Waals surface area contributed by atoms with Gasteiger partial charge in [0.2, 0.25) is 5.91 Å². The van der Waals surface area contributed by atoms with E-state index in [4.69, 9.17) is 0 Å². The number of anilines is 1. The van der Waals surface area contributed by atoms with Gasteiger partial charge in [0.15, 0.2) is 0 Å². The highest BCUT2D eigenvalue weighted by Gasteiger charge is 2.36. The fourth-order valence-corrected chi connectivity index (χ4v) is 3.34. The van der Waals surface area contributed by atoms with Gasteiger partial charge in [-0.2, -0.15) is 0 Å². The molecule has 1 aliphatic heterocycles. The molecule has 0 spiro atoms. The number of nitrogens with zero attached hydrogens (tertiary/aromatic N) is 1. The van der Waals surface area contributed by atoms with Crippen LogP contribution < -0.4 is 5.32 Å². The number of aryl methyl sites for hydroxylation is 1. The molecule has 1 fully saturated rings. The topological polar surface area (TPSA) is 66.5 Å². The van der Waals surface area contributed by atoms with E-state index >= 15 is 0 Å². The summed E-state index contributed by atoms with van der Waals surface area (Å²) in [6.45, 7) is 1.75. The van der Waals surface area contributed by atoms with Crippen LogP contribution in [-0.4, -0.2) is 28.5 Å². The Morgan fingerprint density at radius 2 is 1.77 bits per heavy atom. The Hall–Kier alpha value is -2.86.